The van der Waals surface area contributed by atoms with E-state index in [0.717, 1.165) is 5.56 Å². The van der Waals surface area contributed by atoms with Gasteiger partial charge in [0.05, 0.1) is 6.04 Å². The number of hydrogen-bond acceptors (Lipinski definition) is 7. The van der Waals surface area contributed by atoms with Crippen LogP contribution in [0.4, 0.5) is 0 Å². The average Bonchev–Trinajstić information content (AvgIpc) is 2.89. The minimum atomic E-state index is -1.16. The maximum Gasteiger partial charge on any atom is 0.326 e. The molecule has 0 heterocycles. The number of benzene rings is 1. The van der Waals surface area contributed by atoms with Gasteiger partial charge in [0.25, 0.3) is 0 Å². The molecule has 1 rings (SSSR count). The molecule has 1 aromatic rings. The Morgan fingerprint density at radius 3 is 2.02 bits per heavy atom. The number of unbranched alkanes of at least 4 members (excludes halogenated alkanes) is 1. The molecule has 40 heavy (non-hydrogen) atoms. The highest BCUT2D eigenvalue weighted by atomic mass is 16.4. The van der Waals surface area contributed by atoms with Gasteiger partial charge in [-0.15, -0.1) is 0 Å². The predicted octanol–water partition coefficient (Wildman–Crippen LogP) is -0.676. The molecule has 0 aromatic heterocycles. The number of guanidine groups is 1. The van der Waals surface area contributed by atoms with Crippen LogP contribution in [-0.4, -0.2) is 72.0 Å². The number of rotatable bonds is 19. The number of carboxylic acids is 1. The molecule has 0 fully saturated rings. The number of carbonyl (C=O) groups excluding carboxylic acids is 3. The molecule has 0 aliphatic rings. The van der Waals surface area contributed by atoms with Crippen molar-refractivity contribution in [3.63, 3.8) is 0 Å². The third kappa shape index (κ3) is 13.9. The zero-order valence-corrected chi connectivity index (χ0v) is 23.5. The van der Waals surface area contributed by atoms with Crippen LogP contribution in [0.15, 0.2) is 35.3 Å². The minimum absolute atomic E-state index is 0.0226. The quantitative estimate of drug-likeness (QED) is 0.0604. The lowest BCUT2D eigenvalue weighted by molar-refractivity contribution is -0.142. The molecule has 13 nitrogen and oxygen atoms in total. The summed E-state index contributed by atoms with van der Waals surface area (Å²) in [6, 6.07) is 4.98. The number of carbonyl (C=O) groups is 4. The summed E-state index contributed by atoms with van der Waals surface area (Å²) in [4.78, 5) is 55.0. The van der Waals surface area contributed by atoms with E-state index >= 15 is 0 Å². The van der Waals surface area contributed by atoms with Gasteiger partial charge in [-0.25, -0.2) is 4.79 Å². The first-order valence-electron chi connectivity index (χ1n) is 13.6. The summed E-state index contributed by atoms with van der Waals surface area (Å²) >= 11 is 0. The number of nitrogens with two attached hydrogens (primary N) is 4. The van der Waals surface area contributed by atoms with E-state index in [4.69, 9.17) is 22.9 Å². The Bertz CT molecular complexity index is 969. The van der Waals surface area contributed by atoms with Gasteiger partial charge in [-0.05, 0) is 56.6 Å². The molecule has 0 saturated heterocycles. The largest absolute Gasteiger partial charge is 0.480 e. The van der Waals surface area contributed by atoms with Crippen molar-refractivity contribution < 1.29 is 24.3 Å². The monoisotopic (exact) mass is 562 g/mol. The molecule has 0 bridgehead atoms. The average molecular weight is 563 g/mol. The Balaban J connectivity index is 3.05. The fourth-order valence-electron chi connectivity index (χ4n) is 3.99. The van der Waals surface area contributed by atoms with Gasteiger partial charge in [-0.3, -0.25) is 19.4 Å². The number of nitrogens with one attached hydrogen (secondary N) is 3. The molecular weight excluding hydrogens is 516 g/mol. The zero-order chi connectivity index (χ0) is 30.1. The van der Waals surface area contributed by atoms with Gasteiger partial charge in [0.1, 0.15) is 18.1 Å². The lowest BCUT2D eigenvalue weighted by atomic mass is 10.0. The molecule has 13 heteroatoms. The molecular formula is C27H46N8O5. The molecule has 0 aliphatic carbocycles. The Morgan fingerprint density at radius 1 is 0.850 bits per heavy atom. The maximum atomic E-state index is 13.4. The van der Waals surface area contributed by atoms with Crippen molar-refractivity contribution in [2.75, 3.05) is 13.1 Å². The molecule has 12 N–H and O–H groups in total. The van der Waals surface area contributed by atoms with Crippen LogP contribution in [0.1, 0.15) is 57.9 Å². The number of nitrogens with zero attached hydrogens (tertiary/aromatic N) is 1. The van der Waals surface area contributed by atoms with Gasteiger partial charge in [-0.2, -0.15) is 0 Å². The highest BCUT2D eigenvalue weighted by Gasteiger charge is 2.30. The van der Waals surface area contributed by atoms with Gasteiger partial charge < -0.3 is 44.0 Å². The first-order valence-corrected chi connectivity index (χ1v) is 13.6. The topological polar surface area (TPSA) is 241 Å². The van der Waals surface area contributed by atoms with E-state index in [2.05, 4.69) is 20.9 Å². The molecule has 0 spiro atoms. The van der Waals surface area contributed by atoms with E-state index < -0.39 is 47.9 Å². The van der Waals surface area contributed by atoms with E-state index in [1.54, 1.807) is 24.3 Å². The van der Waals surface area contributed by atoms with Crippen LogP contribution < -0.4 is 38.9 Å². The Hall–Kier alpha value is -3.71. The van der Waals surface area contributed by atoms with Crippen LogP contribution in [-0.2, 0) is 25.6 Å². The van der Waals surface area contributed by atoms with Crippen LogP contribution in [0.5, 0.6) is 0 Å². The van der Waals surface area contributed by atoms with Gasteiger partial charge in [0.15, 0.2) is 5.96 Å². The first kappa shape index (κ1) is 34.3. The number of aliphatic carboxylic acids is 1. The Morgan fingerprint density at radius 2 is 1.45 bits per heavy atom. The van der Waals surface area contributed by atoms with Crippen LogP contribution in [0.25, 0.3) is 0 Å². The van der Waals surface area contributed by atoms with Gasteiger partial charge in [0.2, 0.25) is 17.7 Å². The Kier molecular flexibility index (Phi) is 15.9. The van der Waals surface area contributed by atoms with Crippen molar-refractivity contribution in [3.05, 3.63) is 35.9 Å². The number of carboxylic acid groups (broad SMARTS) is 1. The van der Waals surface area contributed by atoms with E-state index in [1.165, 1.54) is 0 Å². The van der Waals surface area contributed by atoms with E-state index in [9.17, 15) is 24.3 Å². The van der Waals surface area contributed by atoms with Crippen molar-refractivity contribution in [1.29, 1.82) is 0 Å². The van der Waals surface area contributed by atoms with Crippen molar-refractivity contribution >= 4 is 29.7 Å². The third-order valence-corrected chi connectivity index (χ3v) is 6.12. The Labute approximate surface area is 235 Å². The second-order valence-electron chi connectivity index (χ2n) is 10.2. The molecule has 0 aliphatic heterocycles. The summed E-state index contributed by atoms with van der Waals surface area (Å²) in [6.07, 6.45) is 2.59. The van der Waals surface area contributed by atoms with E-state index in [-0.39, 0.29) is 31.1 Å². The molecule has 1 aromatic carbocycles. The fourth-order valence-corrected chi connectivity index (χ4v) is 3.99. The second-order valence-corrected chi connectivity index (χ2v) is 10.2. The SMILES string of the molecule is CC(C)CC(NC(=O)C(Cc1ccccc1)NC(=O)C(CCCCN)NC(=O)C(N)CCCN=C(N)N)C(=O)O. The summed E-state index contributed by atoms with van der Waals surface area (Å²) in [5.74, 6) is -2.92. The fraction of sp³-hybridized carbons (Fsp3) is 0.593. The molecule has 4 atom stereocenters. The van der Waals surface area contributed by atoms with Crippen LogP contribution in [0, 0.1) is 5.92 Å². The molecule has 4 unspecified atom stereocenters. The predicted molar refractivity (Wildman–Crippen MR) is 154 cm³/mol. The maximum absolute atomic E-state index is 13.4. The summed E-state index contributed by atoms with van der Waals surface area (Å²) < 4.78 is 0. The first-order chi connectivity index (χ1) is 18.9. The molecule has 0 saturated carbocycles. The lowest BCUT2D eigenvalue weighted by Gasteiger charge is -2.26. The summed E-state index contributed by atoms with van der Waals surface area (Å²) in [5, 5.41) is 17.6. The minimum Gasteiger partial charge on any atom is -0.480 e. The standard InChI is InChI=1S/C27H46N8O5/c1-17(2)15-22(26(39)40)35-25(38)21(16-18-9-4-3-5-10-18)34-24(37)20(12-6-7-13-28)33-23(36)19(29)11-8-14-32-27(30)31/h3-5,9-10,17,19-22H,6-8,11-16,28-29H2,1-2H3,(H,33,36)(H,34,37)(H,35,38)(H,39,40)(H4,30,31,32). The smallest absolute Gasteiger partial charge is 0.326 e. The van der Waals surface area contributed by atoms with Crippen LogP contribution >= 0.6 is 0 Å². The van der Waals surface area contributed by atoms with Gasteiger partial charge >= 0.3 is 5.97 Å². The van der Waals surface area contributed by atoms with Crippen LogP contribution in [0.2, 0.25) is 0 Å². The lowest BCUT2D eigenvalue weighted by Crippen LogP contribution is -2.57. The zero-order valence-electron chi connectivity index (χ0n) is 23.5. The molecule has 3 amide bonds. The summed E-state index contributed by atoms with van der Waals surface area (Å²) in [6.45, 7) is 4.43. The van der Waals surface area contributed by atoms with Crippen molar-refractivity contribution in [2.45, 2.75) is 83.0 Å². The number of amides is 3. The third-order valence-electron chi connectivity index (χ3n) is 6.12. The van der Waals surface area contributed by atoms with Gasteiger partial charge in [-0.1, -0.05) is 44.2 Å². The molecule has 224 valence electrons. The second kappa shape index (κ2) is 18.6. The van der Waals surface area contributed by atoms with E-state index in [0.29, 0.717) is 38.8 Å². The normalized spacial score (nSPS) is 13.9. The summed E-state index contributed by atoms with van der Waals surface area (Å²) in [7, 11) is 0. The highest BCUT2D eigenvalue weighted by molar-refractivity contribution is 5.94. The molecule has 0 radical (unpaired) electrons. The number of aliphatic imine (C=N–C) groups is 1. The number of hydrogen-bond donors (Lipinski definition) is 8. The summed E-state index contributed by atoms with van der Waals surface area (Å²) in [5.41, 5.74) is 23.0. The van der Waals surface area contributed by atoms with Crippen molar-refractivity contribution in [3.8, 4) is 0 Å². The van der Waals surface area contributed by atoms with Gasteiger partial charge in [0, 0.05) is 13.0 Å². The van der Waals surface area contributed by atoms with Crippen LogP contribution in [0.3, 0.4) is 0 Å². The van der Waals surface area contributed by atoms with Crippen molar-refractivity contribution in [2.24, 2.45) is 33.8 Å². The van der Waals surface area contributed by atoms with E-state index in [1.807, 2.05) is 19.9 Å². The highest BCUT2D eigenvalue weighted by Crippen LogP contribution is 2.09. The van der Waals surface area contributed by atoms with Crippen molar-refractivity contribution in [1.82, 2.24) is 16.0 Å².